The van der Waals surface area contributed by atoms with Gasteiger partial charge in [0.05, 0.1) is 15.9 Å². The van der Waals surface area contributed by atoms with Gasteiger partial charge in [0.1, 0.15) is 11.3 Å². The summed E-state index contributed by atoms with van der Waals surface area (Å²) in [5.41, 5.74) is 10.6. The van der Waals surface area contributed by atoms with Gasteiger partial charge in [-0.05, 0) is 41.7 Å². The Morgan fingerprint density at radius 1 is 1.06 bits per heavy atom. The minimum absolute atomic E-state index is 0.0845. The van der Waals surface area contributed by atoms with E-state index < -0.39 is 10.0 Å². The molecule has 2 aromatic heterocycles. The van der Waals surface area contributed by atoms with Crippen LogP contribution in [0.2, 0.25) is 0 Å². The average Bonchev–Trinajstić information content (AvgIpc) is 3.10. The van der Waals surface area contributed by atoms with E-state index in [0.717, 1.165) is 58.3 Å². The van der Waals surface area contributed by atoms with Crippen molar-refractivity contribution < 1.29 is 8.42 Å². The fraction of sp³-hybridized carbons (Fsp3) is 0.280. The average molecular weight is 464 g/mol. The predicted octanol–water partition coefficient (Wildman–Crippen LogP) is 4.59. The molecule has 0 bridgehead atoms. The fourth-order valence-electron chi connectivity index (χ4n) is 4.04. The lowest BCUT2D eigenvalue weighted by Crippen LogP contribution is -2.11. The molecule has 0 aliphatic carbocycles. The van der Waals surface area contributed by atoms with E-state index in [2.05, 4.69) is 36.4 Å². The summed E-state index contributed by atoms with van der Waals surface area (Å²) in [6.07, 6.45) is 5.66. The van der Waals surface area contributed by atoms with Gasteiger partial charge in [0.15, 0.2) is 5.82 Å². The number of pyridine rings is 1. The van der Waals surface area contributed by atoms with Crippen molar-refractivity contribution in [2.24, 2.45) is 11.1 Å². The summed E-state index contributed by atoms with van der Waals surface area (Å²) in [4.78, 5) is 9.55. The molecule has 4 N–H and O–H groups in total. The minimum Gasteiger partial charge on any atom is -0.382 e. The molecule has 0 atom stereocenters. The van der Waals surface area contributed by atoms with Crippen LogP contribution in [-0.2, 0) is 23.0 Å². The van der Waals surface area contributed by atoms with E-state index in [1.165, 1.54) is 6.07 Å². The largest absolute Gasteiger partial charge is 0.382 e. The van der Waals surface area contributed by atoms with E-state index in [1.54, 1.807) is 12.1 Å². The molecule has 0 aliphatic heterocycles. The molecule has 4 rings (SSSR count). The fourth-order valence-corrected chi connectivity index (χ4v) is 4.61. The molecule has 7 nitrogen and oxygen atoms in total. The quantitative estimate of drug-likeness (QED) is 0.389. The zero-order valence-electron chi connectivity index (χ0n) is 19.1. The molecular weight excluding hydrogens is 434 g/mol. The second-order valence-corrected chi connectivity index (χ2v) is 10.3. The second kappa shape index (κ2) is 8.96. The number of aryl methyl sites for hydroxylation is 1. The number of imidazole rings is 1. The molecule has 2 heterocycles. The van der Waals surface area contributed by atoms with Crippen LogP contribution < -0.4 is 10.9 Å². The van der Waals surface area contributed by atoms with Crippen LogP contribution in [-0.4, -0.2) is 23.0 Å². The number of sulfonamides is 1. The third-order valence-electron chi connectivity index (χ3n) is 5.48. The van der Waals surface area contributed by atoms with Crippen LogP contribution in [0.5, 0.6) is 0 Å². The summed E-state index contributed by atoms with van der Waals surface area (Å²) in [6.45, 7) is 7.41. The molecule has 172 valence electrons. The molecule has 0 unspecified atom stereocenters. The van der Waals surface area contributed by atoms with Crippen molar-refractivity contribution >= 4 is 49.9 Å². The first-order valence-corrected chi connectivity index (χ1v) is 12.6. The van der Waals surface area contributed by atoms with Gasteiger partial charge in [-0.15, -0.1) is 0 Å². The molecular formula is C25H29N5O2S. The third kappa shape index (κ3) is 4.77. The highest BCUT2D eigenvalue weighted by atomic mass is 32.2. The lowest BCUT2D eigenvalue weighted by molar-refractivity contribution is 0.516. The summed E-state index contributed by atoms with van der Waals surface area (Å²) in [5.74, 6) is 1.94. The molecule has 0 saturated heterocycles. The van der Waals surface area contributed by atoms with Crippen LogP contribution >= 0.6 is 0 Å². The van der Waals surface area contributed by atoms with Crippen molar-refractivity contribution in [3.05, 3.63) is 59.4 Å². The van der Waals surface area contributed by atoms with Crippen molar-refractivity contribution in [2.75, 3.05) is 5.73 Å². The summed E-state index contributed by atoms with van der Waals surface area (Å²) < 4.78 is 25.5. The topological polar surface area (TPSA) is 117 Å². The first-order valence-electron chi connectivity index (χ1n) is 11.1. The zero-order valence-corrected chi connectivity index (χ0v) is 19.9. The van der Waals surface area contributed by atoms with Crippen molar-refractivity contribution in [3.8, 4) is 0 Å². The summed E-state index contributed by atoms with van der Waals surface area (Å²) in [6, 6.07) is 12.6. The smallest absolute Gasteiger partial charge is 0.238 e. The van der Waals surface area contributed by atoms with E-state index in [-0.39, 0.29) is 4.90 Å². The number of hydrogen-bond donors (Lipinski definition) is 2. The van der Waals surface area contributed by atoms with Gasteiger partial charge < -0.3 is 10.3 Å². The molecule has 4 aromatic rings. The molecule has 0 spiro atoms. The number of primary sulfonamides is 1. The van der Waals surface area contributed by atoms with Gasteiger partial charge in [0.25, 0.3) is 0 Å². The Morgan fingerprint density at radius 2 is 1.79 bits per heavy atom. The molecule has 8 heteroatoms. The predicted molar refractivity (Wildman–Crippen MR) is 135 cm³/mol. The molecule has 0 amide bonds. The van der Waals surface area contributed by atoms with Crippen LogP contribution in [0.25, 0.3) is 34.1 Å². The van der Waals surface area contributed by atoms with Crippen molar-refractivity contribution in [3.63, 3.8) is 0 Å². The molecule has 0 aliphatic rings. The standard InChI is InChI=1S/C25H29N5O2S/c1-4-6-22-29-23-24(30(22)15-16(2)3)20-12-11-18(14-21(20)28-25(23)26)10-9-17-7-5-8-19(13-17)33(27,31)32/h5,7-14,16H,4,6,15H2,1-3H3,(H2,26,28)(H2,27,31,32)/b10-9+. The number of benzene rings is 2. The van der Waals surface area contributed by atoms with E-state index in [4.69, 9.17) is 15.9 Å². The Balaban J connectivity index is 1.80. The Kier molecular flexibility index (Phi) is 6.23. The minimum atomic E-state index is -3.74. The monoisotopic (exact) mass is 463 g/mol. The number of nitrogens with two attached hydrogens (primary N) is 2. The number of nitrogen functional groups attached to an aromatic ring is 1. The SMILES string of the molecule is CCCc1nc2c(N)nc3cc(/C=C/c4cccc(S(N)(=O)=O)c4)ccc3c2n1CC(C)C. The molecule has 0 saturated carbocycles. The maximum Gasteiger partial charge on any atom is 0.238 e. The van der Waals surface area contributed by atoms with Crippen LogP contribution in [0, 0.1) is 5.92 Å². The van der Waals surface area contributed by atoms with Crippen LogP contribution in [0.3, 0.4) is 0 Å². The normalized spacial score (nSPS) is 12.5. The highest BCUT2D eigenvalue weighted by Crippen LogP contribution is 2.31. The van der Waals surface area contributed by atoms with E-state index in [0.29, 0.717) is 11.7 Å². The van der Waals surface area contributed by atoms with Gasteiger partial charge in [0, 0.05) is 18.4 Å². The summed E-state index contributed by atoms with van der Waals surface area (Å²) >= 11 is 0. The lowest BCUT2D eigenvalue weighted by Gasteiger charge is -2.13. The van der Waals surface area contributed by atoms with E-state index in [9.17, 15) is 8.42 Å². The highest BCUT2D eigenvalue weighted by molar-refractivity contribution is 7.89. The zero-order chi connectivity index (χ0) is 23.8. The van der Waals surface area contributed by atoms with E-state index in [1.807, 2.05) is 30.4 Å². The summed E-state index contributed by atoms with van der Waals surface area (Å²) in [7, 11) is -3.74. The van der Waals surface area contributed by atoms with Crippen LogP contribution in [0.15, 0.2) is 47.4 Å². The maximum atomic E-state index is 11.6. The first-order chi connectivity index (χ1) is 15.7. The Morgan fingerprint density at radius 3 is 2.45 bits per heavy atom. The molecule has 0 radical (unpaired) electrons. The van der Waals surface area contributed by atoms with Crippen LogP contribution in [0.1, 0.15) is 44.1 Å². The molecule has 33 heavy (non-hydrogen) atoms. The first kappa shape index (κ1) is 22.9. The number of aromatic nitrogens is 3. The Hall–Kier alpha value is -3.23. The highest BCUT2D eigenvalue weighted by Gasteiger charge is 2.17. The molecule has 2 aromatic carbocycles. The number of rotatable bonds is 7. The van der Waals surface area contributed by atoms with Gasteiger partial charge in [-0.1, -0.05) is 57.2 Å². The third-order valence-corrected chi connectivity index (χ3v) is 6.39. The van der Waals surface area contributed by atoms with Gasteiger partial charge >= 0.3 is 0 Å². The lowest BCUT2D eigenvalue weighted by atomic mass is 10.1. The van der Waals surface area contributed by atoms with Crippen molar-refractivity contribution in [1.82, 2.24) is 14.5 Å². The van der Waals surface area contributed by atoms with Crippen LogP contribution in [0.4, 0.5) is 5.82 Å². The molecule has 0 fully saturated rings. The van der Waals surface area contributed by atoms with Crippen molar-refractivity contribution in [2.45, 2.75) is 45.1 Å². The summed E-state index contributed by atoms with van der Waals surface area (Å²) in [5, 5.41) is 6.26. The van der Waals surface area contributed by atoms with Gasteiger partial charge in [-0.25, -0.2) is 23.5 Å². The number of nitrogens with zero attached hydrogens (tertiary/aromatic N) is 3. The number of fused-ring (bicyclic) bond motifs is 3. The maximum absolute atomic E-state index is 11.6. The Labute approximate surface area is 194 Å². The van der Waals surface area contributed by atoms with E-state index >= 15 is 0 Å². The van der Waals surface area contributed by atoms with Gasteiger partial charge in [-0.3, -0.25) is 0 Å². The van der Waals surface area contributed by atoms with Gasteiger partial charge in [-0.2, -0.15) is 0 Å². The Bertz CT molecular complexity index is 1470. The van der Waals surface area contributed by atoms with Gasteiger partial charge in [0.2, 0.25) is 10.0 Å². The second-order valence-electron chi connectivity index (χ2n) is 8.70. The number of anilines is 1. The van der Waals surface area contributed by atoms with Crippen molar-refractivity contribution in [1.29, 1.82) is 0 Å². The number of hydrogen-bond acceptors (Lipinski definition) is 5.